The number of hydrogen-bond acceptors (Lipinski definition) is 5. The highest BCUT2D eigenvalue weighted by Gasteiger charge is 2.17. The topological polar surface area (TPSA) is 71.1 Å². The van der Waals surface area contributed by atoms with Gasteiger partial charge in [-0.25, -0.2) is 0 Å². The molecule has 0 spiro atoms. The standard InChI is InChI=1S/C18H27N3O4/c1-4-19-17(22)12-21(5-2)13-18(23)20(3)11-14-6-7-15-16(10-14)25-9-8-24-15/h6-7,10H,4-5,8-9,11-13H2,1-3H3,(H,19,22). The first kappa shape index (κ1) is 19.1. The molecule has 1 N–H and O–H groups in total. The molecule has 0 fully saturated rings. The van der Waals surface area contributed by atoms with Crippen LogP contribution < -0.4 is 14.8 Å². The molecule has 0 atom stereocenters. The van der Waals surface area contributed by atoms with Crippen LogP contribution in [0.3, 0.4) is 0 Å². The molecule has 0 bridgehead atoms. The maximum Gasteiger partial charge on any atom is 0.236 e. The molecule has 0 radical (unpaired) electrons. The summed E-state index contributed by atoms with van der Waals surface area (Å²) in [6, 6.07) is 5.71. The highest BCUT2D eigenvalue weighted by molar-refractivity contribution is 5.81. The largest absolute Gasteiger partial charge is 0.486 e. The number of amides is 2. The second kappa shape index (κ2) is 9.27. The van der Waals surface area contributed by atoms with Crippen LogP contribution >= 0.6 is 0 Å². The minimum Gasteiger partial charge on any atom is -0.486 e. The third-order valence-electron chi connectivity index (χ3n) is 4.00. The number of likely N-dealkylation sites (N-methyl/N-ethyl adjacent to an activating group) is 3. The van der Waals surface area contributed by atoms with Crippen molar-refractivity contribution in [1.29, 1.82) is 0 Å². The fourth-order valence-corrected chi connectivity index (χ4v) is 2.60. The lowest BCUT2D eigenvalue weighted by Gasteiger charge is -2.24. The van der Waals surface area contributed by atoms with E-state index in [1.807, 2.05) is 36.9 Å². The van der Waals surface area contributed by atoms with Crippen molar-refractivity contribution in [1.82, 2.24) is 15.1 Å². The minimum atomic E-state index is -0.0633. The van der Waals surface area contributed by atoms with Gasteiger partial charge in [-0.1, -0.05) is 13.0 Å². The van der Waals surface area contributed by atoms with E-state index >= 15 is 0 Å². The van der Waals surface area contributed by atoms with Gasteiger partial charge in [0.25, 0.3) is 0 Å². The summed E-state index contributed by atoms with van der Waals surface area (Å²) in [5.74, 6) is 1.37. The lowest BCUT2D eigenvalue weighted by molar-refractivity contribution is -0.132. The summed E-state index contributed by atoms with van der Waals surface area (Å²) in [6.45, 7) is 7.07. The molecule has 0 aromatic heterocycles. The maximum absolute atomic E-state index is 12.4. The van der Waals surface area contributed by atoms with Crippen LogP contribution in [0.4, 0.5) is 0 Å². The maximum atomic E-state index is 12.4. The van der Waals surface area contributed by atoms with Crippen molar-refractivity contribution < 1.29 is 19.1 Å². The third-order valence-corrected chi connectivity index (χ3v) is 4.00. The molecule has 1 aromatic rings. The minimum absolute atomic E-state index is 0.0268. The Bertz CT molecular complexity index is 606. The van der Waals surface area contributed by atoms with Gasteiger partial charge in [-0.3, -0.25) is 14.5 Å². The number of nitrogens with zero attached hydrogens (tertiary/aromatic N) is 2. The van der Waals surface area contributed by atoms with Crippen LogP contribution in [0.25, 0.3) is 0 Å². The molecule has 1 heterocycles. The van der Waals surface area contributed by atoms with E-state index in [4.69, 9.17) is 9.47 Å². The molecular weight excluding hydrogens is 322 g/mol. The van der Waals surface area contributed by atoms with E-state index in [-0.39, 0.29) is 24.9 Å². The van der Waals surface area contributed by atoms with Crippen LogP contribution in [0.2, 0.25) is 0 Å². The molecule has 0 unspecified atom stereocenters. The molecule has 1 aliphatic rings. The summed E-state index contributed by atoms with van der Waals surface area (Å²) in [5.41, 5.74) is 0.979. The number of ether oxygens (including phenoxy) is 2. The lowest BCUT2D eigenvalue weighted by atomic mass is 10.2. The normalized spacial score (nSPS) is 12.8. The fourth-order valence-electron chi connectivity index (χ4n) is 2.60. The molecular formula is C18H27N3O4. The quantitative estimate of drug-likeness (QED) is 0.754. The number of rotatable bonds is 8. The molecule has 2 rings (SSSR count). The van der Waals surface area contributed by atoms with Crippen molar-refractivity contribution in [2.75, 3.05) is 46.4 Å². The molecule has 0 saturated carbocycles. The second-order valence-electron chi connectivity index (χ2n) is 5.98. The molecule has 138 valence electrons. The first-order valence-electron chi connectivity index (χ1n) is 8.65. The Labute approximate surface area is 148 Å². The predicted octanol–water partition coefficient (Wildman–Crippen LogP) is 0.874. The van der Waals surface area contributed by atoms with E-state index in [9.17, 15) is 9.59 Å². The molecule has 1 aromatic carbocycles. The first-order chi connectivity index (χ1) is 12.0. The van der Waals surface area contributed by atoms with Crippen LogP contribution in [0.15, 0.2) is 18.2 Å². The van der Waals surface area contributed by atoms with E-state index < -0.39 is 0 Å². The Morgan fingerprint density at radius 3 is 2.52 bits per heavy atom. The van der Waals surface area contributed by atoms with Gasteiger partial charge < -0.3 is 19.7 Å². The van der Waals surface area contributed by atoms with Crippen molar-refractivity contribution in [3.8, 4) is 11.5 Å². The zero-order valence-electron chi connectivity index (χ0n) is 15.2. The van der Waals surface area contributed by atoms with Gasteiger partial charge in [-0.05, 0) is 31.2 Å². The van der Waals surface area contributed by atoms with Crippen LogP contribution in [-0.4, -0.2) is 68.1 Å². The molecule has 25 heavy (non-hydrogen) atoms. The van der Waals surface area contributed by atoms with Crippen LogP contribution in [0.5, 0.6) is 11.5 Å². The summed E-state index contributed by atoms with van der Waals surface area (Å²) in [5, 5.41) is 2.75. The van der Waals surface area contributed by atoms with Gasteiger partial charge in [0.1, 0.15) is 13.2 Å². The van der Waals surface area contributed by atoms with Gasteiger partial charge in [-0.15, -0.1) is 0 Å². The van der Waals surface area contributed by atoms with Crippen LogP contribution in [-0.2, 0) is 16.1 Å². The van der Waals surface area contributed by atoms with Gasteiger partial charge in [0.2, 0.25) is 11.8 Å². The molecule has 1 aliphatic heterocycles. The smallest absolute Gasteiger partial charge is 0.236 e. The van der Waals surface area contributed by atoms with Gasteiger partial charge in [0.05, 0.1) is 13.1 Å². The molecule has 0 saturated heterocycles. The van der Waals surface area contributed by atoms with Crippen molar-refractivity contribution in [3.63, 3.8) is 0 Å². The van der Waals surface area contributed by atoms with Crippen molar-refractivity contribution in [3.05, 3.63) is 23.8 Å². The van der Waals surface area contributed by atoms with Crippen molar-refractivity contribution in [2.45, 2.75) is 20.4 Å². The molecule has 7 heteroatoms. The third kappa shape index (κ3) is 5.63. The highest BCUT2D eigenvalue weighted by Crippen LogP contribution is 2.31. The van der Waals surface area contributed by atoms with Gasteiger partial charge in [-0.2, -0.15) is 0 Å². The molecule has 2 amide bonds. The lowest BCUT2D eigenvalue weighted by Crippen LogP contribution is -2.43. The monoisotopic (exact) mass is 349 g/mol. The SMILES string of the molecule is CCNC(=O)CN(CC)CC(=O)N(C)Cc1ccc2c(c1)OCCO2. The average Bonchev–Trinajstić information content (AvgIpc) is 2.61. The molecule has 7 nitrogen and oxygen atoms in total. The van der Waals surface area contributed by atoms with E-state index in [1.165, 1.54) is 0 Å². The summed E-state index contributed by atoms with van der Waals surface area (Å²) in [7, 11) is 1.76. The number of hydrogen-bond donors (Lipinski definition) is 1. The summed E-state index contributed by atoms with van der Waals surface area (Å²) in [4.78, 5) is 27.6. The summed E-state index contributed by atoms with van der Waals surface area (Å²) >= 11 is 0. The number of carbonyl (C=O) groups excluding carboxylic acids is 2. The van der Waals surface area contributed by atoms with E-state index in [0.717, 1.165) is 17.1 Å². The van der Waals surface area contributed by atoms with Crippen molar-refractivity contribution in [2.24, 2.45) is 0 Å². The average molecular weight is 349 g/mol. The van der Waals surface area contributed by atoms with Crippen LogP contribution in [0, 0.1) is 0 Å². The first-order valence-corrected chi connectivity index (χ1v) is 8.65. The Balaban J connectivity index is 1.89. The van der Waals surface area contributed by atoms with Gasteiger partial charge in [0.15, 0.2) is 11.5 Å². The zero-order valence-corrected chi connectivity index (χ0v) is 15.2. The Morgan fingerprint density at radius 1 is 1.12 bits per heavy atom. The number of carbonyl (C=O) groups is 2. The van der Waals surface area contributed by atoms with E-state index in [0.29, 0.717) is 32.8 Å². The zero-order chi connectivity index (χ0) is 18.2. The van der Waals surface area contributed by atoms with Gasteiger partial charge in [0, 0.05) is 20.1 Å². The van der Waals surface area contributed by atoms with Crippen LogP contribution in [0.1, 0.15) is 19.4 Å². The Morgan fingerprint density at radius 2 is 1.84 bits per heavy atom. The molecule has 0 aliphatic carbocycles. The predicted molar refractivity (Wildman–Crippen MR) is 94.7 cm³/mol. The number of benzene rings is 1. The Kier molecular flexibility index (Phi) is 7.06. The number of fused-ring (bicyclic) bond motifs is 1. The second-order valence-corrected chi connectivity index (χ2v) is 5.98. The van der Waals surface area contributed by atoms with E-state index in [2.05, 4.69) is 5.32 Å². The number of nitrogens with one attached hydrogen (secondary N) is 1. The summed E-state index contributed by atoms with van der Waals surface area (Å²) < 4.78 is 11.1. The van der Waals surface area contributed by atoms with E-state index in [1.54, 1.807) is 11.9 Å². The fraction of sp³-hybridized carbons (Fsp3) is 0.556. The summed E-state index contributed by atoms with van der Waals surface area (Å²) in [6.07, 6.45) is 0. The van der Waals surface area contributed by atoms with Gasteiger partial charge >= 0.3 is 0 Å². The van der Waals surface area contributed by atoms with Crippen molar-refractivity contribution >= 4 is 11.8 Å². The highest BCUT2D eigenvalue weighted by atomic mass is 16.6. The Hall–Kier alpha value is -2.28.